The summed E-state index contributed by atoms with van der Waals surface area (Å²) in [4.78, 5) is 0. The summed E-state index contributed by atoms with van der Waals surface area (Å²) in [6.07, 6.45) is 1.32. The molecule has 1 aliphatic rings. The molecule has 0 amide bonds. The minimum Gasteiger partial charge on any atom is -0.489 e. The zero-order valence-electron chi connectivity index (χ0n) is 10.8. The van der Waals surface area contributed by atoms with E-state index >= 15 is 0 Å². The summed E-state index contributed by atoms with van der Waals surface area (Å²) in [6, 6.07) is 10.3. The maximum absolute atomic E-state index is 13.0. The van der Waals surface area contributed by atoms with E-state index in [-0.39, 0.29) is 11.9 Å². The Morgan fingerprint density at radius 1 is 1.25 bits per heavy atom. The SMILES string of the molecule is O[C@@H]1CCc2cc(OCc3ccc(F)cc3Br)ccc21. The minimum atomic E-state index is -0.342. The molecule has 20 heavy (non-hydrogen) atoms. The van der Waals surface area contributed by atoms with Gasteiger partial charge in [0.25, 0.3) is 0 Å². The highest BCUT2D eigenvalue weighted by molar-refractivity contribution is 9.10. The maximum atomic E-state index is 13.0. The van der Waals surface area contributed by atoms with E-state index in [1.54, 1.807) is 6.07 Å². The van der Waals surface area contributed by atoms with Crippen LogP contribution in [0.3, 0.4) is 0 Å². The van der Waals surface area contributed by atoms with Gasteiger partial charge in [0.1, 0.15) is 18.2 Å². The van der Waals surface area contributed by atoms with Crippen LogP contribution >= 0.6 is 15.9 Å². The average molecular weight is 337 g/mol. The summed E-state index contributed by atoms with van der Waals surface area (Å²) in [5.74, 6) is 0.501. The molecule has 0 unspecified atom stereocenters. The summed E-state index contributed by atoms with van der Waals surface area (Å²) in [7, 11) is 0. The lowest BCUT2D eigenvalue weighted by molar-refractivity contribution is 0.180. The molecular formula is C16H14BrFO2. The largest absolute Gasteiger partial charge is 0.489 e. The van der Waals surface area contributed by atoms with Crippen LogP contribution in [0.15, 0.2) is 40.9 Å². The fourth-order valence-electron chi connectivity index (χ4n) is 2.46. The molecule has 104 valence electrons. The standard InChI is InChI=1S/C16H14BrFO2/c17-15-8-12(18)3-1-11(15)9-20-13-4-5-14-10(7-13)2-6-16(14)19/h1,3-5,7-8,16,19H,2,6,9H2/t16-/m1/s1. The van der Waals surface area contributed by atoms with Gasteiger partial charge in [-0.25, -0.2) is 4.39 Å². The molecule has 1 N–H and O–H groups in total. The van der Waals surface area contributed by atoms with Crippen LogP contribution in [0.1, 0.15) is 29.2 Å². The number of rotatable bonds is 3. The normalized spacial score (nSPS) is 17.1. The predicted octanol–water partition coefficient (Wildman–Crippen LogP) is 4.15. The number of hydrogen-bond acceptors (Lipinski definition) is 2. The summed E-state index contributed by atoms with van der Waals surface area (Å²) in [5.41, 5.74) is 3.04. The van der Waals surface area contributed by atoms with Crippen LogP contribution in [0.25, 0.3) is 0 Å². The molecule has 4 heteroatoms. The van der Waals surface area contributed by atoms with Gasteiger partial charge in [-0.2, -0.15) is 0 Å². The van der Waals surface area contributed by atoms with Crippen LogP contribution in [0.2, 0.25) is 0 Å². The molecule has 0 radical (unpaired) electrons. The fraction of sp³-hybridized carbons (Fsp3) is 0.250. The van der Waals surface area contributed by atoms with Crippen molar-refractivity contribution in [3.63, 3.8) is 0 Å². The van der Waals surface area contributed by atoms with Crippen molar-refractivity contribution in [1.29, 1.82) is 0 Å². The van der Waals surface area contributed by atoms with Gasteiger partial charge in [-0.05, 0) is 48.2 Å². The van der Waals surface area contributed by atoms with Gasteiger partial charge in [-0.1, -0.05) is 28.1 Å². The Morgan fingerprint density at radius 2 is 2.10 bits per heavy atom. The third kappa shape index (κ3) is 2.72. The van der Waals surface area contributed by atoms with Crippen molar-refractivity contribution in [2.45, 2.75) is 25.6 Å². The number of hydrogen-bond donors (Lipinski definition) is 1. The first-order chi connectivity index (χ1) is 9.63. The van der Waals surface area contributed by atoms with Crippen molar-refractivity contribution in [3.8, 4) is 5.75 Å². The summed E-state index contributed by atoms with van der Waals surface area (Å²) < 4.78 is 19.4. The lowest BCUT2D eigenvalue weighted by atomic mass is 10.1. The minimum absolute atomic E-state index is 0.271. The molecule has 2 aromatic rings. The lowest BCUT2D eigenvalue weighted by Gasteiger charge is -2.10. The second kappa shape index (κ2) is 5.54. The molecular weight excluding hydrogens is 323 g/mol. The number of aliphatic hydroxyl groups excluding tert-OH is 1. The number of benzene rings is 2. The zero-order chi connectivity index (χ0) is 14.1. The Bertz CT molecular complexity index is 642. The fourth-order valence-corrected chi connectivity index (χ4v) is 2.93. The molecule has 2 nitrogen and oxygen atoms in total. The van der Waals surface area contributed by atoms with E-state index < -0.39 is 0 Å². The lowest BCUT2D eigenvalue weighted by Crippen LogP contribution is -1.98. The molecule has 0 aromatic heterocycles. The monoisotopic (exact) mass is 336 g/mol. The van der Waals surface area contributed by atoms with E-state index in [9.17, 15) is 9.50 Å². The van der Waals surface area contributed by atoms with Crippen molar-refractivity contribution in [2.75, 3.05) is 0 Å². The second-order valence-corrected chi connectivity index (χ2v) is 5.79. The first-order valence-electron chi connectivity index (χ1n) is 6.51. The highest BCUT2D eigenvalue weighted by Crippen LogP contribution is 2.33. The van der Waals surface area contributed by atoms with Crippen molar-refractivity contribution < 1.29 is 14.2 Å². The van der Waals surface area contributed by atoms with Gasteiger partial charge in [0.2, 0.25) is 0 Å². The molecule has 0 saturated heterocycles. The van der Waals surface area contributed by atoms with Crippen molar-refractivity contribution in [1.82, 2.24) is 0 Å². The maximum Gasteiger partial charge on any atom is 0.124 e. The number of aryl methyl sites for hydroxylation is 1. The third-order valence-corrected chi connectivity index (χ3v) is 4.31. The third-order valence-electron chi connectivity index (χ3n) is 3.57. The molecule has 0 heterocycles. The van der Waals surface area contributed by atoms with Gasteiger partial charge in [-0.3, -0.25) is 0 Å². The van der Waals surface area contributed by atoms with Gasteiger partial charge >= 0.3 is 0 Å². The number of fused-ring (bicyclic) bond motifs is 1. The number of aliphatic hydroxyl groups is 1. The Hall–Kier alpha value is -1.39. The van der Waals surface area contributed by atoms with Crippen molar-refractivity contribution >= 4 is 15.9 Å². The van der Waals surface area contributed by atoms with Crippen LogP contribution < -0.4 is 4.74 Å². The topological polar surface area (TPSA) is 29.5 Å². The van der Waals surface area contributed by atoms with Gasteiger partial charge in [-0.15, -0.1) is 0 Å². The molecule has 2 aromatic carbocycles. The molecule has 1 aliphatic carbocycles. The first kappa shape index (κ1) is 13.6. The molecule has 0 aliphatic heterocycles. The van der Waals surface area contributed by atoms with Gasteiger partial charge in [0.05, 0.1) is 6.10 Å². The van der Waals surface area contributed by atoms with Crippen LogP contribution in [0, 0.1) is 5.82 Å². The highest BCUT2D eigenvalue weighted by atomic mass is 79.9. The molecule has 0 spiro atoms. The molecule has 1 atom stereocenters. The van der Waals surface area contributed by atoms with E-state index in [2.05, 4.69) is 15.9 Å². The van der Waals surface area contributed by atoms with Crippen LogP contribution in [-0.2, 0) is 13.0 Å². The summed E-state index contributed by atoms with van der Waals surface area (Å²) in [5, 5.41) is 9.76. The van der Waals surface area contributed by atoms with Crippen LogP contribution in [-0.4, -0.2) is 5.11 Å². The number of halogens is 2. The summed E-state index contributed by atoms with van der Waals surface area (Å²) >= 11 is 3.33. The van der Waals surface area contributed by atoms with E-state index in [1.807, 2.05) is 18.2 Å². The van der Waals surface area contributed by atoms with Crippen molar-refractivity contribution in [2.24, 2.45) is 0 Å². The Kier molecular flexibility index (Phi) is 3.76. The Balaban J connectivity index is 1.73. The van der Waals surface area contributed by atoms with Gasteiger partial charge in [0, 0.05) is 10.0 Å². The van der Waals surface area contributed by atoms with Crippen LogP contribution in [0.4, 0.5) is 4.39 Å². The van der Waals surface area contributed by atoms with E-state index in [1.165, 1.54) is 12.1 Å². The first-order valence-corrected chi connectivity index (χ1v) is 7.30. The average Bonchev–Trinajstić information content (AvgIpc) is 2.79. The molecule has 3 rings (SSSR count). The van der Waals surface area contributed by atoms with Crippen molar-refractivity contribution in [3.05, 3.63) is 63.4 Å². The predicted molar refractivity (Wildman–Crippen MR) is 78.2 cm³/mol. The zero-order valence-corrected chi connectivity index (χ0v) is 12.4. The van der Waals surface area contributed by atoms with E-state index in [0.717, 1.165) is 35.3 Å². The second-order valence-electron chi connectivity index (χ2n) is 4.94. The molecule has 0 bridgehead atoms. The van der Waals surface area contributed by atoms with E-state index in [0.29, 0.717) is 11.1 Å². The summed E-state index contributed by atoms with van der Waals surface area (Å²) in [6.45, 7) is 0.377. The highest BCUT2D eigenvalue weighted by Gasteiger charge is 2.20. The quantitative estimate of drug-likeness (QED) is 0.912. The van der Waals surface area contributed by atoms with Gasteiger partial charge in [0.15, 0.2) is 0 Å². The van der Waals surface area contributed by atoms with E-state index in [4.69, 9.17) is 4.74 Å². The smallest absolute Gasteiger partial charge is 0.124 e. The number of ether oxygens (including phenoxy) is 1. The molecule has 0 saturated carbocycles. The Labute approximate surface area is 125 Å². The molecule has 0 fully saturated rings. The van der Waals surface area contributed by atoms with Gasteiger partial charge < -0.3 is 9.84 Å². The van der Waals surface area contributed by atoms with Crippen LogP contribution in [0.5, 0.6) is 5.75 Å². The Morgan fingerprint density at radius 3 is 2.90 bits per heavy atom.